The highest BCUT2D eigenvalue weighted by Gasteiger charge is 2.40. The van der Waals surface area contributed by atoms with Crippen LogP contribution >= 0.6 is 0 Å². The molecule has 2 fully saturated rings. The fraction of sp³-hybridized carbons (Fsp3) is 0.667. The number of carbonyl (C=O) groups excluding carboxylic acids is 1. The van der Waals surface area contributed by atoms with Gasteiger partial charge in [0.1, 0.15) is 0 Å². The van der Waals surface area contributed by atoms with E-state index in [4.69, 9.17) is 4.74 Å². The van der Waals surface area contributed by atoms with Crippen molar-refractivity contribution >= 4 is 5.91 Å². The number of carbonyl (C=O) groups is 1. The lowest BCUT2D eigenvalue weighted by molar-refractivity contribution is -0.143. The zero-order valence-corrected chi connectivity index (χ0v) is 12.8. The summed E-state index contributed by atoms with van der Waals surface area (Å²) in [4.78, 5) is 44.7. The first kappa shape index (κ1) is 14.6. The van der Waals surface area contributed by atoms with Crippen LogP contribution in [-0.4, -0.2) is 64.6 Å². The molecular formula is C15H20N4O4. The summed E-state index contributed by atoms with van der Waals surface area (Å²) in [6.45, 7) is 3.98. The van der Waals surface area contributed by atoms with Crippen molar-refractivity contribution in [3.05, 3.63) is 32.1 Å². The van der Waals surface area contributed by atoms with Crippen molar-refractivity contribution < 1.29 is 9.53 Å². The van der Waals surface area contributed by atoms with Crippen LogP contribution in [-0.2, 0) is 22.5 Å². The van der Waals surface area contributed by atoms with Crippen LogP contribution in [0.25, 0.3) is 0 Å². The van der Waals surface area contributed by atoms with Crippen LogP contribution < -0.4 is 11.2 Å². The van der Waals surface area contributed by atoms with Gasteiger partial charge in [-0.05, 0) is 12.8 Å². The van der Waals surface area contributed by atoms with E-state index in [1.54, 1.807) is 4.90 Å². The molecule has 0 aliphatic carbocycles. The maximum Gasteiger partial charge on any atom is 0.325 e. The van der Waals surface area contributed by atoms with Crippen LogP contribution in [0.5, 0.6) is 0 Å². The van der Waals surface area contributed by atoms with Crippen LogP contribution in [0, 0.1) is 5.92 Å². The Hall–Kier alpha value is -1.93. The summed E-state index contributed by atoms with van der Waals surface area (Å²) in [5, 5.41) is 0. The quantitative estimate of drug-likeness (QED) is 0.703. The number of nitrogens with zero attached hydrogens (tertiary/aromatic N) is 2. The Morgan fingerprint density at radius 2 is 2.04 bits per heavy atom. The topological polar surface area (TPSA) is 98.5 Å². The van der Waals surface area contributed by atoms with Crippen LogP contribution in [0.15, 0.2) is 9.59 Å². The van der Waals surface area contributed by atoms with Gasteiger partial charge in [-0.25, -0.2) is 4.79 Å². The van der Waals surface area contributed by atoms with Gasteiger partial charge >= 0.3 is 5.69 Å². The Balaban J connectivity index is 1.41. The largest absolute Gasteiger partial charge is 0.380 e. The predicted molar refractivity (Wildman–Crippen MR) is 81.1 cm³/mol. The number of hydrogen-bond donors (Lipinski definition) is 2. The summed E-state index contributed by atoms with van der Waals surface area (Å²) in [5.41, 5.74) is 0.303. The number of H-pyrrole nitrogens is 2. The molecule has 1 aromatic rings. The highest BCUT2D eigenvalue weighted by molar-refractivity contribution is 5.80. The minimum atomic E-state index is -0.515. The zero-order valence-electron chi connectivity index (χ0n) is 12.8. The van der Waals surface area contributed by atoms with E-state index in [9.17, 15) is 14.4 Å². The number of nitrogens with one attached hydrogen (secondary N) is 2. The molecule has 8 nitrogen and oxygen atoms in total. The first-order valence-corrected chi connectivity index (χ1v) is 8.07. The standard InChI is InChI=1S/C15H20N4O4/c20-13-11-1-3-18(7-12(11)16-15(22)17-13)14(21)9-5-19(6-9)10-2-4-23-8-10/h9-10H,1-8H2,(H2,16,17,20,22). The number of hydrogen-bond acceptors (Lipinski definition) is 5. The van der Waals surface area contributed by atoms with E-state index < -0.39 is 5.69 Å². The monoisotopic (exact) mass is 320 g/mol. The Kier molecular flexibility index (Phi) is 3.57. The minimum Gasteiger partial charge on any atom is -0.380 e. The molecular weight excluding hydrogens is 300 g/mol. The van der Waals surface area contributed by atoms with Crippen LogP contribution in [0.2, 0.25) is 0 Å². The molecule has 2 saturated heterocycles. The highest BCUT2D eigenvalue weighted by Crippen LogP contribution is 2.26. The summed E-state index contributed by atoms with van der Waals surface area (Å²) in [7, 11) is 0. The highest BCUT2D eigenvalue weighted by atomic mass is 16.5. The smallest absolute Gasteiger partial charge is 0.325 e. The molecule has 0 radical (unpaired) electrons. The van der Waals surface area contributed by atoms with Gasteiger partial charge in [0.05, 0.1) is 19.1 Å². The van der Waals surface area contributed by atoms with E-state index in [0.29, 0.717) is 36.8 Å². The summed E-state index contributed by atoms with van der Waals surface area (Å²) in [6, 6.07) is 0.455. The molecule has 3 aliphatic rings. The maximum absolute atomic E-state index is 12.6. The van der Waals surface area contributed by atoms with E-state index in [1.165, 1.54) is 0 Å². The van der Waals surface area contributed by atoms with Gasteiger partial charge in [0.2, 0.25) is 5.91 Å². The van der Waals surface area contributed by atoms with Crippen LogP contribution in [0.4, 0.5) is 0 Å². The van der Waals surface area contributed by atoms with Crippen molar-refractivity contribution in [2.45, 2.75) is 25.4 Å². The SMILES string of the molecule is O=C(C1CN(C2CCOC2)C1)N1CCc2c([nH]c(=O)[nH]c2=O)C1. The second-order valence-electron chi connectivity index (χ2n) is 6.54. The number of amides is 1. The van der Waals surface area contributed by atoms with Gasteiger partial charge in [0.15, 0.2) is 0 Å². The van der Waals surface area contributed by atoms with E-state index in [-0.39, 0.29) is 17.4 Å². The van der Waals surface area contributed by atoms with E-state index in [1.807, 2.05) is 0 Å². The average molecular weight is 320 g/mol. The Labute approximate surface area is 132 Å². The second kappa shape index (κ2) is 5.61. The molecule has 0 spiro atoms. The Morgan fingerprint density at radius 3 is 2.78 bits per heavy atom. The molecule has 1 atom stereocenters. The van der Waals surface area contributed by atoms with Gasteiger partial charge in [0, 0.05) is 43.5 Å². The maximum atomic E-state index is 12.6. The zero-order chi connectivity index (χ0) is 16.0. The van der Waals surface area contributed by atoms with Crippen molar-refractivity contribution in [1.82, 2.24) is 19.8 Å². The van der Waals surface area contributed by atoms with Crippen molar-refractivity contribution in [2.24, 2.45) is 5.92 Å². The number of ether oxygens (including phenoxy) is 1. The third-order valence-corrected chi connectivity index (χ3v) is 5.10. The Bertz CT molecular complexity index is 728. The van der Waals surface area contributed by atoms with Crippen LogP contribution in [0.3, 0.4) is 0 Å². The lowest BCUT2D eigenvalue weighted by Gasteiger charge is -2.44. The summed E-state index contributed by atoms with van der Waals surface area (Å²) in [5.74, 6) is 0.137. The molecule has 0 aromatic carbocycles. The van der Waals surface area contributed by atoms with Gasteiger partial charge in [-0.2, -0.15) is 0 Å². The van der Waals surface area contributed by atoms with Crippen LogP contribution in [0.1, 0.15) is 17.7 Å². The molecule has 4 rings (SSSR count). The molecule has 0 saturated carbocycles. The lowest BCUT2D eigenvalue weighted by Crippen LogP contribution is -2.58. The number of aromatic amines is 2. The van der Waals surface area contributed by atoms with Crippen molar-refractivity contribution in [2.75, 3.05) is 32.8 Å². The number of fused-ring (bicyclic) bond motifs is 1. The molecule has 124 valence electrons. The van der Waals surface area contributed by atoms with Crippen molar-refractivity contribution in [3.8, 4) is 0 Å². The van der Waals surface area contributed by atoms with Gasteiger partial charge < -0.3 is 14.6 Å². The van der Waals surface area contributed by atoms with Gasteiger partial charge in [-0.15, -0.1) is 0 Å². The minimum absolute atomic E-state index is 0.0193. The first-order chi connectivity index (χ1) is 11.1. The Morgan fingerprint density at radius 1 is 1.22 bits per heavy atom. The van der Waals surface area contributed by atoms with Gasteiger partial charge in [-0.3, -0.25) is 19.5 Å². The fourth-order valence-electron chi connectivity index (χ4n) is 3.70. The molecule has 1 amide bonds. The summed E-state index contributed by atoms with van der Waals surface area (Å²) < 4.78 is 5.38. The number of rotatable bonds is 2. The number of aromatic nitrogens is 2. The molecule has 1 aromatic heterocycles. The third kappa shape index (κ3) is 2.61. The van der Waals surface area contributed by atoms with Crippen molar-refractivity contribution in [1.29, 1.82) is 0 Å². The summed E-state index contributed by atoms with van der Waals surface area (Å²) >= 11 is 0. The van der Waals surface area contributed by atoms with E-state index in [2.05, 4.69) is 14.9 Å². The molecule has 4 heterocycles. The van der Waals surface area contributed by atoms with E-state index in [0.717, 1.165) is 32.7 Å². The van der Waals surface area contributed by atoms with Gasteiger partial charge in [-0.1, -0.05) is 0 Å². The molecule has 8 heteroatoms. The van der Waals surface area contributed by atoms with Gasteiger partial charge in [0.25, 0.3) is 5.56 Å². The normalized spacial score (nSPS) is 25.2. The molecule has 1 unspecified atom stereocenters. The lowest BCUT2D eigenvalue weighted by atomic mass is 9.94. The molecule has 2 N–H and O–H groups in total. The summed E-state index contributed by atoms with van der Waals surface area (Å²) in [6.07, 6.45) is 1.53. The first-order valence-electron chi connectivity index (χ1n) is 8.07. The van der Waals surface area contributed by atoms with Crippen molar-refractivity contribution in [3.63, 3.8) is 0 Å². The second-order valence-corrected chi connectivity index (χ2v) is 6.54. The average Bonchev–Trinajstić information content (AvgIpc) is 2.98. The molecule has 3 aliphatic heterocycles. The molecule has 0 bridgehead atoms. The number of likely N-dealkylation sites (tertiary alicyclic amines) is 1. The molecule has 23 heavy (non-hydrogen) atoms. The predicted octanol–water partition coefficient (Wildman–Crippen LogP) is -1.33. The third-order valence-electron chi connectivity index (χ3n) is 5.10. The fourth-order valence-corrected chi connectivity index (χ4v) is 3.70. The van der Waals surface area contributed by atoms with E-state index >= 15 is 0 Å².